The maximum Gasteiger partial charge on any atom is 2.00 e. The second kappa shape index (κ2) is 7.41. The fourth-order valence-electron chi connectivity index (χ4n) is 2.51. The molecule has 0 bridgehead atoms. The van der Waals surface area contributed by atoms with Gasteiger partial charge in [0.15, 0.2) is 0 Å². The second-order valence-corrected chi connectivity index (χ2v) is 5.20. The van der Waals surface area contributed by atoms with Crippen LogP contribution in [-0.4, -0.2) is 19.6 Å². The van der Waals surface area contributed by atoms with Crippen molar-refractivity contribution in [3.05, 3.63) is 96.6 Å². The van der Waals surface area contributed by atoms with E-state index in [2.05, 4.69) is 34.5 Å². The van der Waals surface area contributed by atoms with E-state index in [1.165, 1.54) is 0 Å². The van der Waals surface area contributed by atoms with E-state index in [-0.39, 0.29) is 21.1 Å². The van der Waals surface area contributed by atoms with Crippen LogP contribution in [0.4, 0.5) is 0 Å². The zero-order chi connectivity index (χ0) is 15.5. The van der Waals surface area contributed by atoms with Gasteiger partial charge in [0.1, 0.15) is 0 Å². The molecule has 0 radical (unpaired) electrons. The van der Waals surface area contributed by atoms with Crippen LogP contribution in [0.15, 0.2) is 73.3 Å². The largest absolute Gasteiger partial charge is 2.00 e. The molecule has 0 fully saturated rings. The first kappa shape index (κ1) is 16.4. The van der Waals surface area contributed by atoms with Crippen LogP contribution >= 0.6 is 0 Å². The van der Waals surface area contributed by atoms with E-state index >= 15 is 0 Å². The van der Waals surface area contributed by atoms with Crippen LogP contribution in [0.2, 0.25) is 0 Å². The molecule has 4 nitrogen and oxygen atoms in total. The number of aromatic nitrogens is 4. The van der Waals surface area contributed by atoms with Crippen molar-refractivity contribution in [1.82, 2.24) is 19.6 Å². The summed E-state index contributed by atoms with van der Waals surface area (Å²) in [6, 6.07) is 22.8. The molecule has 24 heavy (non-hydrogen) atoms. The summed E-state index contributed by atoms with van der Waals surface area (Å²) in [5, 5.41) is 8.50. The Morgan fingerprint density at radius 2 is 1.21 bits per heavy atom. The van der Waals surface area contributed by atoms with E-state index in [4.69, 9.17) is 0 Å². The molecule has 0 saturated carbocycles. The molecule has 4 rings (SSSR count). The van der Waals surface area contributed by atoms with E-state index in [9.17, 15) is 0 Å². The molecule has 2 aromatic carbocycles. The predicted octanol–water partition coefficient (Wildman–Crippen LogP) is 3.25. The first-order chi connectivity index (χ1) is 11.4. The fraction of sp³-hybridized carbons (Fsp3) is 0.0526. The Bertz CT molecular complexity index is 823. The van der Waals surface area contributed by atoms with Crippen LogP contribution in [-0.2, 0) is 27.5 Å². The molecule has 0 aliphatic carbocycles. The smallest absolute Gasteiger partial charge is 0.266 e. The zero-order valence-electron chi connectivity index (χ0n) is 12.7. The van der Waals surface area contributed by atoms with Crippen molar-refractivity contribution < 1.29 is 21.1 Å². The van der Waals surface area contributed by atoms with Crippen LogP contribution in [0.25, 0.3) is 11.4 Å². The summed E-state index contributed by atoms with van der Waals surface area (Å²) in [7, 11) is 0. The molecule has 2 aromatic heterocycles. The molecule has 5 heteroatoms. The molecular formula is C19H14N4Pt. The summed E-state index contributed by atoms with van der Waals surface area (Å²) < 4.78 is 3.63. The summed E-state index contributed by atoms with van der Waals surface area (Å²) in [5.74, 6) is 0. The minimum absolute atomic E-state index is 0. The average molecular weight is 493 g/mol. The third kappa shape index (κ3) is 3.55. The van der Waals surface area contributed by atoms with Gasteiger partial charge >= 0.3 is 21.1 Å². The predicted molar refractivity (Wildman–Crippen MR) is 87.6 cm³/mol. The van der Waals surface area contributed by atoms with Crippen molar-refractivity contribution in [3.63, 3.8) is 0 Å². The molecule has 4 aromatic rings. The van der Waals surface area contributed by atoms with Gasteiger partial charge in [0.2, 0.25) is 0 Å². The average Bonchev–Trinajstić information content (AvgIpc) is 3.29. The van der Waals surface area contributed by atoms with Gasteiger partial charge in [-0.15, -0.1) is 12.1 Å². The van der Waals surface area contributed by atoms with Crippen molar-refractivity contribution in [2.24, 2.45) is 0 Å². The Labute approximate surface area is 155 Å². The normalized spacial score (nSPS) is 10.3. The van der Waals surface area contributed by atoms with Gasteiger partial charge in [-0.3, -0.25) is 9.36 Å². The van der Waals surface area contributed by atoms with Crippen LogP contribution in [0.5, 0.6) is 0 Å². The topological polar surface area (TPSA) is 35.6 Å². The Morgan fingerprint density at radius 3 is 1.62 bits per heavy atom. The number of nitrogens with zero attached hydrogens (tertiary/aromatic N) is 4. The van der Waals surface area contributed by atoms with Crippen molar-refractivity contribution >= 4 is 0 Å². The number of hydrogen-bond donors (Lipinski definition) is 0. The molecule has 0 amide bonds. The van der Waals surface area contributed by atoms with Gasteiger partial charge in [-0.1, -0.05) is 0 Å². The summed E-state index contributed by atoms with van der Waals surface area (Å²) in [6.07, 6.45) is 8.13. The van der Waals surface area contributed by atoms with Gasteiger partial charge in [-0.2, -0.15) is 57.7 Å². The van der Waals surface area contributed by atoms with Crippen molar-refractivity contribution in [3.8, 4) is 11.4 Å². The standard InChI is InChI=1S/C19H14N4.Pt/c1-5-16(14-18(7-1)22-11-3-9-20-22)13-17-6-2-8-19(15-17)23-12-4-10-21-23;/h1-12H,13H2;/q-2;+2. The van der Waals surface area contributed by atoms with Gasteiger partial charge in [0.05, 0.1) is 0 Å². The number of hydrogen-bond acceptors (Lipinski definition) is 2. The van der Waals surface area contributed by atoms with Crippen LogP contribution in [0, 0.1) is 12.1 Å². The van der Waals surface area contributed by atoms with Crippen LogP contribution in [0.3, 0.4) is 0 Å². The zero-order valence-corrected chi connectivity index (χ0v) is 15.0. The first-order valence-electron chi connectivity index (χ1n) is 7.41. The Morgan fingerprint density at radius 1 is 0.708 bits per heavy atom. The Kier molecular flexibility index (Phi) is 5.07. The summed E-state index contributed by atoms with van der Waals surface area (Å²) >= 11 is 0. The summed E-state index contributed by atoms with van der Waals surface area (Å²) in [4.78, 5) is 0. The minimum Gasteiger partial charge on any atom is -0.266 e. The maximum absolute atomic E-state index is 4.25. The number of benzene rings is 2. The third-order valence-corrected chi connectivity index (χ3v) is 3.56. The molecule has 0 aliphatic rings. The van der Waals surface area contributed by atoms with Gasteiger partial charge < -0.3 is 0 Å². The Hall–Kier alpha value is -2.45. The molecule has 0 atom stereocenters. The quantitative estimate of drug-likeness (QED) is 0.410. The number of rotatable bonds is 4. The molecule has 0 spiro atoms. The molecule has 120 valence electrons. The van der Waals surface area contributed by atoms with Crippen LogP contribution < -0.4 is 0 Å². The van der Waals surface area contributed by atoms with Gasteiger partial charge in [-0.25, -0.2) is 0 Å². The molecule has 0 saturated heterocycles. The SMILES string of the molecule is [Pt+2].[c-]1c(Cc2[c-]c(-n3cccn3)ccc2)cccc1-n1cccn1. The summed E-state index contributed by atoms with van der Waals surface area (Å²) in [6.45, 7) is 0. The Balaban J connectivity index is 0.00000169. The van der Waals surface area contributed by atoms with E-state index < -0.39 is 0 Å². The monoisotopic (exact) mass is 493 g/mol. The van der Waals surface area contributed by atoms with Crippen molar-refractivity contribution in [1.29, 1.82) is 0 Å². The molecule has 0 N–H and O–H groups in total. The van der Waals surface area contributed by atoms with Crippen LogP contribution in [0.1, 0.15) is 11.1 Å². The van der Waals surface area contributed by atoms with E-state index in [1.807, 2.05) is 58.2 Å². The van der Waals surface area contributed by atoms with E-state index in [1.54, 1.807) is 12.4 Å². The van der Waals surface area contributed by atoms with Gasteiger partial charge in [0, 0.05) is 24.8 Å². The van der Waals surface area contributed by atoms with E-state index in [0.29, 0.717) is 0 Å². The van der Waals surface area contributed by atoms with Gasteiger partial charge in [0.25, 0.3) is 0 Å². The second-order valence-electron chi connectivity index (χ2n) is 5.20. The molecule has 2 heterocycles. The third-order valence-electron chi connectivity index (χ3n) is 3.56. The maximum atomic E-state index is 4.25. The van der Waals surface area contributed by atoms with Crippen molar-refractivity contribution in [2.45, 2.75) is 6.42 Å². The molecular weight excluding hydrogens is 479 g/mol. The summed E-state index contributed by atoms with van der Waals surface area (Å²) in [5.41, 5.74) is 4.09. The molecule has 0 unspecified atom stereocenters. The first-order valence-corrected chi connectivity index (χ1v) is 7.41. The molecule has 0 aliphatic heterocycles. The fourth-order valence-corrected chi connectivity index (χ4v) is 2.51. The van der Waals surface area contributed by atoms with E-state index in [0.717, 1.165) is 28.9 Å². The van der Waals surface area contributed by atoms with Crippen molar-refractivity contribution in [2.75, 3.05) is 0 Å². The minimum atomic E-state index is 0. The van der Waals surface area contributed by atoms with Gasteiger partial charge in [-0.05, 0) is 29.9 Å².